The van der Waals surface area contributed by atoms with E-state index in [9.17, 15) is 13.2 Å². The molecule has 2 aromatic carbocycles. The average Bonchev–Trinajstić information content (AvgIpc) is 2.42. The van der Waals surface area contributed by atoms with Gasteiger partial charge in [-0.3, -0.25) is 0 Å². The van der Waals surface area contributed by atoms with Crippen LogP contribution in [-0.2, 0) is 6.54 Å². The van der Waals surface area contributed by atoms with Crippen molar-refractivity contribution in [3.8, 4) is 0 Å². The first-order valence-corrected chi connectivity index (χ1v) is 6.47. The fourth-order valence-electron chi connectivity index (χ4n) is 1.85. The Labute approximate surface area is 120 Å². The molecule has 0 aliphatic heterocycles. The lowest BCUT2D eigenvalue weighted by atomic mass is 10.1. The molecule has 0 bridgehead atoms. The number of benzene rings is 2. The topological polar surface area (TPSA) is 12.0 Å². The second-order valence-electron chi connectivity index (χ2n) is 4.53. The minimum atomic E-state index is -1.44. The van der Waals surface area contributed by atoms with Gasteiger partial charge in [-0.15, -0.1) is 0 Å². The summed E-state index contributed by atoms with van der Waals surface area (Å²) in [6.07, 6.45) is 0. The minimum absolute atomic E-state index is 0.0246. The van der Waals surface area contributed by atoms with Crippen molar-refractivity contribution in [2.75, 3.05) is 0 Å². The molecular formula is C15H13ClF3N. The molecule has 0 fully saturated rings. The van der Waals surface area contributed by atoms with E-state index in [0.717, 1.165) is 17.7 Å². The van der Waals surface area contributed by atoms with Gasteiger partial charge in [0.05, 0.1) is 0 Å². The lowest BCUT2D eigenvalue weighted by Crippen LogP contribution is -2.18. The Bertz CT molecular complexity index is 576. The monoisotopic (exact) mass is 299 g/mol. The maximum absolute atomic E-state index is 13.1. The van der Waals surface area contributed by atoms with Crippen LogP contribution in [0.2, 0.25) is 5.02 Å². The van der Waals surface area contributed by atoms with E-state index in [1.54, 1.807) is 12.1 Å². The van der Waals surface area contributed by atoms with Crippen LogP contribution in [0.25, 0.3) is 0 Å². The molecular weight excluding hydrogens is 287 g/mol. The minimum Gasteiger partial charge on any atom is -0.306 e. The van der Waals surface area contributed by atoms with E-state index in [0.29, 0.717) is 10.6 Å². The van der Waals surface area contributed by atoms with Gasteiger partial charge in [-0.2, -0.15) is 0 Å². The average molecular weight is 300 g/mol. The summed E-state index contributed by atoms with van der Waals surface area (Å²) in [5.41, 5.74) is 1.35. The van der Waals surface area contributed by atoms with Gasteiger partial charge in [0.15, 0.2) is 17.5 Å². The van der Waals surface area contributed by atoms with Crippen molar-refractivity contribution in [1.82, 2.24) is 5.32 Å². The molecule has 0 aromatic heterocycles. The lowest BCUT2D eigenvalue weighted by Gasteiger charge is -2.14. The Morgan fingerprint density at radius 1 is 1.05 bits per heavy atom. The van der Waals surface area contributed by atoms with Gasteiger partial charge in [-0.05, 0) is 42.3 Å². The summed E-state index contributed by atoms with van der Waals surface area (Å²) >= 11 is 5.80. The third kappa shape index (κ3) is 3.52. The molecule has 0 radical (unpaired) electrons. The van der Waals surface area contributed by atoms with E-state index < -0.39 is 17.5 Å². The number of rotatable bonds is 4. The van der Waals surface area contributed by atoms with Gasteiger partial charge >= 0.3 is 0 Å². The zero-order valence-electron chi connectivity index (χ0n) is 10.8. The summed E-state index contributed by atoms with van der Waals surface area (Å²) in [4.78, 5) is 0. The predicted molar refractivity (Wildman–Crippen MR) is 73.0 cm³/mol. The Morgan fingerprint density at radius 2 is 1.60 bits per heavy atom. The van der Waals surface area contributed by atoms with E-state index in [1.165, 1.54) is 0 Å². The van der Waals surface area contributed by atoms with Gasteiger partial charge in [0.1, 0.15) is 0 Å². The second-order valence-corrected chi connectivity index (χ2v) is 4.96. The first kappa shape index (κ1) is 14.9. The highest BCUT2D eigenvalue weighted by atomic mass is 35.5. The molecule has 2 rings (SSSR count). The van der Waals surface area contributed by atoms with Gasteiger partial charge in [-0.1, -0.05) is 23.7 Å². The van der Waals surface area contributed by atoms with Crippen molar-refractivity contribution in [2.24, 2.45) is 0 Å². The van der Waals surface area contributed by atoms with Crippen molar-refractivity contribution in [1.29, 1.82) is 0 Å². The Kier molecular flexibility index (Phi) is 4.68. The van der Waals surface area contributed by atoms with Gasteiger partial charge in [0, 0.05) is 17.6 Å². The van der Waals surface area contributed by atoms with Crippen LogP contribution < -0.4 is 5.32 Å². The molecule has 106 valence electrons. The van der Waals surface area contributed by atoms with Crippen LogP contribution in [0.1, 0.15) is 24.1 Å². The van der Waals surface area contributed by atoms with Crippen LogP contribution >= 0.6 is 11.6 Å². The van der Waals surface area contributed by atoms with Crippen LogP contribution in [0.4, 0.5) is 13.2 Å². The molecule has 0 saturated heterocycles. The van der Waals surface area contributed by atoms with Gasteiger partial charge < -0.3 is 5.32 Å². The molecule has 0 amide bonds. The largest absolute Gasteiger partial charge is 0.306 e. The summed E-state index contributed by atoms with van der Waals surface area (Å²) in [5, 5.41) is 3.75. The summed E-state index contributed by atoms with van der Waals surface area (Å²) in [6.45, 7) is 2.15. The SMILES string of the molecule is CC(NCc1cc(F)c(F)c(F)c1)c1ccc(Cl)cc1. The molecule has 5 heteroatoms. The highest BCUT2D eigenvalue weighted by molar-refractivity contribution is 6.30. The third-order valence-corrected chi connectivity index (χ3v) is 3.28. The third-order valence-electron chi connectivity index (χ3n) is 3.03. The highest BCUT2D eigenvalue weighted by Crippen LogP contribution is 2.18. The molecule has 0 aliphatic carbocycles. The number of halogens is 4. The van der Waals surface area contributed by atoms with Crippen molar-refractivity contribution < 1.29 is 13.2 Å². The highest BCUT2D eigenvalue weighted by Gasteiger charge is 2.11. The normalized spacial score (nSPS) is 12.4. The smallest absolute Gasteiger partial charge is 0.194 e. The van der Waals surface area contributed by atoms with Crippen LogP contribution in [0.15, 0.2) is 36.4 Å². The molecule has 1 nitrogen and oxygen atoms in total. The summed E-state index contributed by atoms with van der Waals surface area (Å²) in [5.74, 6) is -3.80. The van der Waals surface area contributed by atoms with Crippen molar-refractivity contribution in [3.05, 3.63) is 70.0 Å². The molecule has 1 atom stereocenters. The second kappa shape index (κ2) is 6.29. The fraction of sp³-hybridized carbons (Fsp3) is 0.200. The fourth-order valence-corrected chi connectivity index (χ4v) is 1.98. The van der Waals surface area contributed by atoms with Crippen molar-refractivity contribution >= 4 is 11.6 Å². The first-order valence-electron chi connectivity index (χ1n) is 6.09. The van der Waals surface area contributed by atoms with E-state index in [2.05, 4.69) is 5.32 Å². The Balaban J connectivity index is 2.03. The molecule has 0 spiro atoms. The van der Waals surface area contributed by atoms with Gasteiger partial charge in [0.25, 0.3) is 0 Å². The maximum atomic E-state index is 13.1. The van der Waals surface area contributed by atoms with Crippen LogP contribution in [-0.4, -0.2) is 0 Å². The number of nitrogens with one attached hydrogen (secondary N) is 1. The van der Waals surface area contributed by atoms with E-state index >= 15 is 0 Å². The Morgan fingerprint density at radius 3 is 2.15 bits per heavy atom. The molecule has 20 heavy (non-hydrogen) atoms. The van der Waals surface area contributed by atoms with Crippen LogP contribution in [0.3, 0.4) is 0 Å². The zero-order chi connectivity index (χ0) is 14.7. The van der Waals surface area contributed by atoms with Crippen molar-refractivity contribution in [3.63, 3.8) is 0 Å². The molecule has 0 saturated carbocycles. The molecule has 0 aliphatic rings. The summed E-state index contributed by atoms with van der Waals surface area (Å²) < 4.78 is 39.0. The van der Waals surface area contributed by atoms with E-state index in [-0.39, 0.29) is 12.6 Å². The van der Waals surface area contributed by atoms with E-state index in [1.807, 2.05) is 19.1 Å². The standard InChI is InChI=1S/C15H13ClF3N/c1-9(11-2-4-12(16)5-3-11)20-8-10-6-13(17)15(19)14(18)7-10/h2-7,9,20H,8H2,1H3. The van der Waals surface area contributed by atoms with Crippen LogP contribution in [0, 0.1) is 17.5 Å². The van der Waals surface area contributed by atoms with Crippen LogP contribution in [0.5, 0.6) is 0 Å². The lowest BCUT2D eigenvalue weighted by molar-refractivity contribution is 0.443. The molecule has 1 unspecified atom stereocenters. The molecule has 0 heterocycles. The number of hydrogen-bond acceptors (Lipinski definition) is 1. The summed E-state index contributed by atoms with van der Waals surface area (Å²) in [7, 11) is 0. The zero-order valence-corrected chi connectivity index (χ0v) is 11.5. The maximum Gasteiger partial charge on any atom is 0.194 e. The quantitative estimate of drug-likeness (QED) is 0.813. The van der Waals surface area contributed by atoms with Gasteiger partial charge in [-0.25, -0.2) is 13.2 Å². The molecule has 1 N–H and O–H groups in total. The molecule has 2 aromatic rings. The predicted octanol–water partition coefficient (Wildman–Crippen LogP) is 4.61. The van der Waals surface area contributed by atoms with Gasteiger partial charge in [0.2, 0.25) is 0 Å². The Hall–Kier alpha value is -1.52. The first-order chi connectivity index (χ1) is 9.47. The summed E-state index contributed by atoms with van der Waals surface area (Å²) in [6, 6.07) is 9.22. The number of hydrogen-bond donors (Lipinski definition) is 1. The van der Waals surface area contributed by atoms with Crippen molar-refractivity contribution in [2.45, 2.75) is 19.5 Å². The van der Waals surface area contributed by atoms with E-state index in [4.69, 9.17) is 11.6 Å².